The fourth-order valence-electron chi connectivity index (χ4n) is 5.29. The van der Waals surface area contributed by atoms with Gasteiger partial charge in [0.25, 0.3) is 11.8 Å². The van der Waals surface area contributed by atoms with Gasteiger partial charge >= 0.3 is 0 Å². The van der Waals surface area contributed by atoms with Gasteiger partial charge in [-0.25, -0.2) is 0 Å². The highest BCUT2D eigenvalue weighted by Gasteiger charge is 2.23. The number of carbonyl (C=O) groups is 3. The molecule has 2 aromatic carbocycles. The van der Waals surface area contributed by atoms with Crippen molar-refractivity contribution in [3.63, 3.8) is 0 Å². The van der Waals surface area contributed by atoms with Crippen LogP contribution in [-0.2, 0) is 4.79 Å². The molecule has 3 heterocycles. The Kier molecular flexibility index (Phi) is 8.60. The number of rotatable bonds is 9. The minimum Gasteiger partial charge on any atom is -0.440 e. The SMILES string of the molecule is Cc1ccccc1N1CCN(c2ccc(C(=O)NCCCN3CCCC3=O)cc2NC(=O)c2ccc(Cl)o2)CC1. The van der Waals surface area contributed by atoms with Gasteiger partial charge in [-0.15, -0.1) is 0 Å². The Labute approximate surface area is 239 Å². The van der Waals surface area contributed by atoms with E-state index in [4.69, 9.17) is 16.0 Å². The molecule has 0 spiro atoms. The summed E-state index contributed by atoms with van der Waals surface area (Å²) < 4.78 is 5.30. The molecule has 0 saturated carbocycles. The molecule has 2 saturated heterocycles. The molecule has 3 aromatic rings. The molecular weight excluding hydrogens is 530 g/mol. The van der Waals surface area contributed by atoms with E-state index in [2.05, 4.69) is 45.6 Å². The second kappa shape index (κ2) is 12.5. The van der Waals surface area contributed by atoms with E-state index in [1.54, 1.807) is 12.1 Å². The van der Waals surface area contributed by atoms with Gasteiger partial charge in [0.1, 0.15) is 0 Å². The predicted octanol–water partition coefficient (Wildman–Crippen LogP) is 4.56. The van der Waals surface area contributed by atoms with Crippen molar-refractivity contribution in [2.45, 2.75) is 26.2 Å². The van der Waals surface area contributed by atoms with Gasteiger partial charge in [0.05, 0.1) is 11.4 Å². The Balaban J connectivity index is 1.28. The minimum absolute atomic E-state index is 0.0895. The second-order valence-corrected chi connectivity index (χ2v) is 10.5. The summed E-state index contributed by atoms with van der Waals surface area (Å²) in [5.74, 6) is -0.411. The van der Waals surface area contributed by atoms with Gasteiger partial charge in [-0.1, -0.05) is 18.2 Å². The predicted molar refractivity (Wildman–Crippen MR) is 156 cm³/mol. The van der Waals surface area contributed by atoms with Crippen LogP contribution in [-0.4, -0.2) is 68.4 Å². The van der Waals surface area contributed by atoms with Gasteiger partial charge < -0.3 is 29.8 Å². The molecule has 210 valence electrons. The maximum Gasteiger partial charge on any atom is 0.291 e. The lowest BCUT2D eigenvalue weighted by Gasteiger charge is -2.38. The number of likely N-dealkylation sites (tertiary alicyclic amines) is 1. The zero-order valence-corrected chi connectivity index (χ0v) is 23.4. The van der Waals surface area contributed by atoms with Crippen LogP contribution in [0.15, 0.2) is 59.0 Å². The van der Waals surface area contributed by atoms with Crippen LogP contribution < -0.4 is 20.4 Å². The molecule has 3 amide bonds. The van der Waals surface area contributed by atoms with Crippen molar-refractivity contribution >= 4 is 46.4 Å². The molecule has 2 aliphatic heterocycles. The first-order chi connectivity index (χ1) is 19.4. The maximum atomic E-state index is 13.0. The van der Waals surface area contributed by atoms with E-state index in [0.717, 1.165) is 44.8 Å². The lowest BCUT2D eigenvalue weighted by Crippen LogP contribution is -2.47. The number of hydrogen-bond acceptors (Lipinski definition) is 6. The van der Waals surface area contributed by atoms with Crippen LogP contribution in [0.5, 0.6) is 0 Å². The van der Waals surface area contributed by atoms with E-state index in [9.17, 15) is 14.4 Å². The van der Waals surface area contributed by atoms with Crippen molar-refractivity contribution in [1.29, 1.82) is 0 Å². The number of carbonyl (C=O) groups excluding carboxylic acids is 3. The van der Waals surface area contributed by atoms with E-state index in [1.807, 2.05) is 17.0 Å². The molecule has 5 rings (SSSR count). The lowest BCUT2D eigenvalue weighted by atomic mass is 10.1. The first-order valence-corrected chi connectivity index (χ1v) is 14.1. The van der Waals surface area contributed by atoms with Crippen LogP contribution in [0.4, 0.5) is 17.1 Å². The number of halogens is 1. The number of anilines is 3. The van der Waals surface area contributed by atoms with Gasteiger partial charge in [0, 0.05) is 63.5 Å². The number of furan rings is 1. The Morgan fingerprint density at radius 2 is 1.68 bits per heavy atom. The van der Waals surface area contributed by atoms with Crippen LogP contribution in [0.3, 0.4) is 0 Å². The maximum absolute atomic E-state index is 13.0. The third-order valence-corrected chi connectivity index (χ3v) is 7.65. The topological polar surface area (TPSA) is 98.1 Å². The normalized spacial score (nSPS) is 15.4. The number of piperazine rings is 1. The third kappa shape index (κ3) is 6.42. The first-order valence-electron chi connectivity index (χ1n) is 13.7. The molecule has 0 unspecified atom stereocenters. The molecule has 2 aliphatic rings. The average molecular weight is 564 g/mol. The number of nitrogens with zero attached hydrogens (tertiary/aromatic N) is 3. The number of benzene rings is 2. The van der Waals surface area contributed by atoms with Crippen LogP contribution in [0.1, 0.15) is 45.7 Å². The van der Waals surface area contributed by atoms with E-state index in [1.165, 1.54) is 23.4 Å². The van der Waals surface area contributed by atoms with Gasteiger partial charge in [-0.05, 0) is 73.3 Å². The van der Waals surface area contributed by atoms with Crippen LogP contribution in [0.25, 0.3) is 0 Å². The highest BCUT2D eigenvalue weighted by molar-refractivity contribution is 6.29. The van der Waals surface area contributed by atoms with Crippen molar-refractivity contribution in [3.8, 4) is 0 Å². The fourth-order valence-corrected chi connectivity index (χ4v) is 5.44. The van der Waals surface area contributed by atoms with Gasteiger partial charge in [0.2, 0.25) is 5.91 Å². The van der Waals surface area contributed by atoms with Gasteiger partial charge in [-0.3, -0.25) is 14.4 Å². The molecular formula is C30H34ClN5O4. The van der Waals surface area contributed by atoms with Crippen molar-refractivity contribution < 1.29 is 18.8 Å². The van der Waals surface area contributed by atoms with Crippen molar-refractivity contribution in [3.05, 3.63) is 76.7 Å². The summed E-state index contributed by atoms with van der Waals surface area (Å²) in [5.41, 5.74) is 4.26. The van der Waals surface area contributed by atoms with Crippen LogP contribution >= 0.6 is 11.6 Å². The van der Waals surface area contributed by atoms with Crippen molar-refractivity contribution in [1.82, 2.24) is 10.2 Å². The number of hydrogen-bond donors (Lipinski definition) is 2. The highest BCUT2D eigenvalue weighted by atomic mass is 35.5. The molecule has 0 atom stereocenters. The molecule has 40 heavy (non-hydrogen) atoms. The summed E-state index contributed by atoms with van der Waals surface area (Å²) in [5, 5.41) is 5.99. The quantitative estimate of drug-likeness (QED) is 0.370. The van der Waals surface area contributed by atoms with Crippen molar-refractivity contribution in [2.24, 2.45) is 0 Å². The fraction of sp³-hybridized carbons (Fsp3) is 0.367. The monoisotopic (exact) mass is 563 g/mol. The lowest BCUT2D eigenvalue weighted by molar-refractivity contribution is -0.127. The molecule has 0 aliphatic carbocycles. The average Bonchev–Trinajstić information content (AvgIpc) is 3.59. The summed E-state index contributed by atoms with van der Waals surface area (Å²) in [6.07, 6.45) is 2.19. The molecule has 2 N–H and O–H groups in total. The van der Waals surface area contributed by atoms with E-state index < -0.39 is 5.91 Å². The van der Waals surface area contributed by atoms with Crippen LogP contribution in [0.2, 0.25) is 5.22 Å². The Morgan fingerprint density at radius 3 is 2.35 bits per heavy atom. The van der Waals surface area contributed by atoms with Gasteiger partial charge in [-0.2, -0.15) is 0 Å². The number of amides is 3. The molecule has 0 radical (unpaired) electrons. The standard InChI is InChI=1S/C30H34ClN5O4/c1-21-6-2-3-7-24(21)34-16-18-35(19-17-34)25-10-9-22(20-23(25)33-30(39)26-11-12-27(31)40-26)29(38)32-13-5-15-36-14-4-8-28(36)37/h2-3,6-7,9-12,20H,4-5,8,13-19H2,1H3,(H,32,38)(H,33,39). The van der Waals surface area contributed by atoms with E-state index >= 15 is 0 Å². The van der Waals surface area contributed by atoms with Gasteiger partial charge in [0.15, 0.2) is 11.0 Å². The van der Waals surface area contributed by atoms with E-state index in [-0.39, 0.29) is 22.8 Å². The molecule has 10 heteroatoms. The molecule has 0 bridgehead atoms. The first kappa shape index (κ1) is 27.6. The summed E-state index contributed by atoms with van der Waals surface area (Å²) in [6, 6.07) is 16.7. The highest BCUT2D eigenvalue weighted by Crippen LogP contribution is 2.31. The summed E-state index contributed by atoms with van der Waals surface area (Å²) in [7, 11) is 0. The summed E-state index contributed by atoms with van der Waals surface area (Å²) in [4.78, 5) is 44.2. The summed E-state index contributed by atoms with van der Waals surface area (Å²) in [6.45, 7) is 7.16. The number of para-hydroxylation sites is 1. The smallest absolute Gasteiger partial charge is 0.291 e. The number of aryl methyl sites for hydroxylation is 1. The Hall–Kier alpha value is -3.98. The minimum atomic E-state index is -0.445. The molecule has 2 fully saturated rings. The largest absolute Gasteiger partial charge is 0.440 e. The third-order valence-electron chi connectivity index (χ3n) is 7.44. The zero-order valence-electron chi connectivity index (χ0n) is 22.6. The summed E-state index contributed by atoms with van der Waals surface area (Å²) >= 11 is 5.88. The second-order valence-electron chi connectivity index (χ2n) is 10.1. The zero-order chi connectivity index (χ0) is 28.1. The van der Waals surface area contributed by atoms with Crippen LogP contribution in [0, 0.1) is 6.92 Å². The Morgan fingerprint density at radius 1 is 0.925 bits per heavy atom. The van der Waals surface area contributed by atoms with E-state index in [0.29, 0.717) is 37.2 Å². The molecule has 1 aromatic heterocycles. The van der Waals surface area contributed by atoms with Crippen molar-refractivity contribution in [2.75, 3.05) is 60.9 Å². The molecule has 9 nitrogen and oxygen atoms in total. The Bertz CT molecular complexity index is 1380. The number of nitrogens with one attached hydrogen (secondary N) is 2.